The van der Waals surface area contributed by atoms with Crippen LogP contribution in [-0.4, -0.2) is 112 Å². The number of hydrogen-bond donors (Lipinski definition) is 7. The molecule has 2 fully saturated rings. The maximum Gasteiger partial charge on any atom is 0.481 e. The molecule has 2 unspecified atom stereocenters. The Hall–Kier alpha value is -2.16. The summed E-state index contributed by atoms with van der Waals surface area (Å²) in [6.07, 6.45) is -10.0. The van der Waals surface area contributed by atoms with Gasteiger partial charge in [0, 0.05) is 6.92 Å². The Morgan fingerprint density at radius 3 is 2.23 bits per heavy atom. The number of aliphatic hydroxyl groups excluding tert-OH is 4. The minimum Gasteiger partial charge on any atom is -0.454 e. The molecule has 2 saturated heterocycles. The number of rotatable bonds is 10. The molecule has 39 heavy (non-hydrogen) atoms. The summed E-state index contributed by atoms with van der Waals surface area (Å²) in [7, 11) is -10.7. The molecule has 218 valence electrons. The quantitative estimate of drug-likeness (QED) is 0.107. The van der Waals surface area contributed by atoms with Gasteiger partial charge in [0.1, 0.15) is 42.4 Å². The normalized spacial score (nSPS) is 34.1. The van der Waals surface area contributed by atoms with E-state index in [-0.39, 0.29) is 17.0 Å². The number of carbonyl (C=O) groups excluding carboxylic acids is 1. The molecule has 2 aliphatic rings. The number of anilines is 1. The van der Waals surface area contributed by atoms with Crippen LogP contribution in [0.5, 0.6) is 0 Å². The highest BCUT2D eigenvalue weighted by Gasteiger charge is 2.48. The summed E-state index contributed by atoms with van der Waals surface area (Å²) in [4.78, 5) is 42.5. The van der Waals surface area contributed by atoms with Gasteiger partial charge in [0.25, 0.3) is 0 Å². The molecule has 10 atom stereocenters. The SMILES string of the molecule is CC(=O)O[C@H]1[C@H](O)[C@@H](COP(=O)(O)OP(=O)(O)OC[C@@H]2O[C@@H](n3cnc4c(N)ncnc43)[C@H](O)[C@H]2O)O[C@@H]1O. The Morgan fingerprint density at radius 2 is 1.62 bits per heavy atom. The van der Waals surface area contributed by atoms with Gasteiger partial charge >= 0.3 is 21.6 Å². The summed E-state index contributed by atoms with van der Waals surface area (Å²) in [6, 6.07) is 0. The van der Waals surface area contributed by atoms with Gasteiger partial charge in [0.05, 0.1) is 19.5 Å². The Labute approximate surface area is 218 Å². The van der Waals surface area contributed by atoms with Crippen LogP contribution in [0.3, 0.4) is 0 Å². The van der Waals surface area contributed by atoms with Crippen LogP contribution in [-0.2, 0) is 41.5 Å². The smallest absolute Gasteiger partial charge is 0.454 e. The average Bonchev–Trinajstić information content (AvgIpc) is 3.47. The predicted octanol–water partition coefficient (Wildman–Crippen LogP) is -2.71. The first-order valence-electron chi connectivity index (χ1n) is 11.0. The van der Waals surface area contributed by atoms with Gasteiger partial charge in [-0.1, -0.05) is 0 Å². The third-order valence-electron chi connectivity index (χ3n) is 5.62. The van der Waals surface area contributed by atoms with Gasteiger partial charge in [-0.2, -0.15) is 4.31 Å². The van der Waals surface area contributed by atoms with E-state index >= 15 is 0 Å². The predicted molar refractivity (Wildman–Crippen MR) is 121 cm³/mol. The summed E-state index contributed by atoms with van der Waals surface area (Å²) >= 11 is 0. The van der Waals surface area contributed by atoms with Crippen molar-refractivity contribution in [1.29, 1.82) is 0 Å². The lowest BCUT2D eigenvalue weighted by molar-refractivity contribution is -0.170. The first kappa shape index (κ1) is 29.8. The van der Waals surface area contributed by atoms with Gasteiger partial charge in [0.15, 0.2) is 30.1 Å². The van der Waals surface area contributed by atoms with Crippen LogP contribution in [0.15, 0.2) is 12.7 Å². The molecule has 2 aromatic rings. The molecule has 0 bridgehead atoms. The highest BCUT2D eigenvalue weighted by molar-refractivity contribution is 7.61. The van der Waals surface area contributed by atoms with Gasteiger partial charge in [-0.25, -0.2) is 24.1 Å². The van der Waals surface area contributed by atoms with E-state index in [9.17, 15) is 44.1 Å². The Bertz CT molecular complexity index is 1300. The van der Waals surface area contributed by atoms with Crippen molar-refractivity contribution in [2.75, 3.05) is 18.9 Å². The molecule has 0 spiro atoms. The molecule has 0 aliphatic carbocycles. The van der Waals surface area contributed by atoms with E-state index in [1.807, 2.05) is 0 Å². The van der Waals surface area contributed by atoms with Crippen molar-refractivity contribution in [3.8, 4) is 0 Å². The average molecular weight is 601 g/mol. The van der Waals surface area contributed by atoms with E-state index in [0.717, 1.165) is 13.3 Å². The lowest BCUT2D eigenvalue weighted by atomic mass is 10.1. The lowest BCUT2D eigenvalue weighted by Gasteiger charge is -2.20. The molecule has 0 aromatic carbocycles. The molecule has 8 N–H and O–H groups in total. The summed E-state index contributed by atoms with van der Waals surface area (Å²) in [5.74, 6) is -0.792. The van der Waals surface area contributed by atoms with Gasteiger partial charge in [0.2, 0.25) is 0 Å². The Kier molecular flexibility index (Phi) is 8.70. The monoisotopic (exact) mass is 601 g/mol. The zero-order chi connectivity index (χ0) is 28.7. The largest absolute Gasteiger partial charge is 0.481 e. The van der Waals surface area contributed by atoms with Crippen LogP contribution < -0.4 is 5.73 Å². The highest BCUT2D eigenvalue weighted by Crippen LogP contribution is 2.60. The fraction of sp³-hybridized carbons (Fsp3) is 0.647. The summed E-state index contributed by atoms with van der Waals surface area (Å²) in [5.41, 5.74) is 6.08. The standard InChI is InChI=1S/C17H25N5O15P2/c1-6(23)34-13-11(25)8(36-17(13)27)3-33-39(30,31)37-38(28,29)32-2-7-10(24)12(26)16(35-7)22-5-21-9-14(18)19-4-20-15(9)22/h4-5,7-8,10-13,16-17,24-27H,2-3H2,1H3,(H,28,29)(H,30,31)(H2,18,19,20)/t7-,8+,10-,11+,12+,13-,16+,17-/m0/s1. The molecule has 4 heterocycles. The van der Waals surface area contributed by atoms with Crippen molar-refractivity contribution in [1.82, 2.24) is 19.5 Å². The van der Waals surface area contributed by atoms with Crippen molar-refractivity contribution >= 4 is 38.6 Å². The van der Waals surface area contributed by atoms with Crippen LogP contribution in [0.4, 0.5) is 5.82 Å². The molecule has 0 radical (unpaired) electrons. The topological polar surface area (TPSA) is 298 Å². The van der Waals surface area contributed by atoms with E-state index in [1.54, 1.807) is 0 Å². The molecule has 20 nitrogen and oxygen atoms in total. The van der Waals surface area contributed by atoms with Crippen LogP contribution in [0.1, 0.15) is 13.2 Å². The number of nitrogens with zero attached hydrogens (tertiary/aromatic N) is 4. The van der Waals surface area contributed by atoms with E-state index in [0.29, 0.717) is 0 Å². The second kappa shape index (κ2) is 11.4. The number of carbonyl (C=O) groups is 1. The minimum atomic E-state index is -5.35. The Balaban J connectivity index is 1.32. The van der Waals surface area contributed by atoms with Crippen molar-refractivity contribution in [2.24, 2.45) is 0 Å². The second-order valence-electron chi connectivity index (χ2n) is 8.37. The molecule has 4 rings (SSSR count). The maximum absolute atomic E-state index is 12.3. The number of nitrogens with two attached hydrogens (primary N) is 1. The number of nitrogen functional groups attached to an aromatic ring is 1. The number of esters is 1. The van der Waals surface area contributed by atoms with Crippen LogP contribution in [0, 0.1) is 0 Å². The molecule has 2 aromatic heterocycles. The number of aromatic nitrogens is 4. The molecular weight excluding hydrogens is 576 g/mol. The third kappa shape index (κ3) is 6.60. The summed E-state index contributed by atoms with van der Waals surface area (Å²) < 4.78 is 54.1. The lowest BCUT2D eigenvalue weighted by Crippen LogP contribution is -2.37. The van der Waals surface area contributed by atoms with Crippen molar-refractivity contribution in [2.45, 2.75) is 56.1 Å². The highest BCUT2D eigenvalue weighted by atomic mass is 31.3. The van der Waals surface area contributed by atoms with Crippen LogP contribution in [0.2, 0.25) is 0 Å². The van der Waals surface area contributed by atoms with Crippen LogP contribution >= 0.6 is 15.6 Å². The van der Waals surface area contributed by atoms with Gasteiger partial charge in [-0.15, -0.1) is 0 Å². The van der Waals surface area contributed by atoms with Crippen molar-refractivity contribution in [3.05, 3.63) is 12.7 Å². The van der Waals surface area contributed by atoms with Gasteiger partial charge < -0.3 is 50.2 Å². The maximum atomic E-state index is 12.3. The fourth-order valence-electron chi connectivity index (χ4n) is 3.84. The minimum absolute atomic E-state index is 0.0510. The van der Waals surface area contributed by atoms with Crippen molar-refractivity contribution < 1.29 is 71.7 Å². The molecule has 2 aliphatic heterocycles. The van der Waals surface area contributed by atoms with Gasteiger partial charge in [-0.3, -0.25) is 18.4 Å². The molecule has 0 saturated carbocycles. The van der Waals surface area contributed by atoms with E-state index in [2.05, 4.69) is 33.0 Å². The number of phosphoric acid groups is 2. The zero-order valence-corrected chi connectivity index (χ0v) is 21.6. The number of fused-ring (bicyclic) bond motifs is 1. The second-order valence-corrected chi connectivity index (χ2v) is 11.4. The third-order valence-corrected chi connectivity index (χ3v) is 8.23. The molecular formula is C17H25N5O15P2. The number of hydrogen-bond acceptors (Lipinski definition) is 17. The first-order chi connectivity index (χ1) is 18.2. The number of ether oxygens (including phenoxy) is 3. The first-order valence-corrected chi connectivity index (χ1v) is 14.0. The van der Waals surface area contributed by atoms with Crippen molar-refractivity contribution in [3.63, 3.8) is 0 Å². The van der Waals surface area contributed by atoms with E-state index in [1.165, 1.54) is 10.9 Å². The van der Waals surface area contributed by atoms with E-state index in [4.69, 9.17) is 15.2 Å². The molecule has 22 heteroatoms. The Morgan fingerprint density at radius 1 is 1.00 bits per heavy atom. The zero-order valence-electron chi connectivity index (χ0n) is 19.8. The van der Waals surface area contributed by atoms with Crippen LogP contribution in [0.25, 0.3) is 11.2 Å². The number of imidazole rings is 1. The molecule has 0 amide bonds. The fourth-order valence-corrected chi connectivity index (χ4v) is 5.93. The summed E-state index contributed by atoms with van der Waals surface area (Å²) in [5, 5.41) is 40.5. The number of phosphoric ester groups is 2. The van der Waals surface area contributed by atoms with Gasteiger partial charge in [-0.05, 0) is 0 Å². The number of aliphatic hydroxyl groups is 4. The summed E-state index contributed by atoms with van der Waals surface area (Å²) in [6.45, 7) is -0.818. The van der Waals surface area contributed by atoms with E-state index < -0.39 is 84.0 Å².